The highest BCUT2D eigenvalue weighted by atomic mass is 35.5. The summed E-state index contributed by atoms with van der Waals surface area (Å²) < 4.78 is 5.27. The summed E-state index contributed by atoms with van der Waals surface area (Å²) in [4.78, 5) is 27.2. The third-order valence-corrected chi connectivity index (χ3v) is 5.49. The lowest BCUT2D eigenvalue weighted by atomic mass is 9.95. The number of carbonyl (C=O) groups is 2. The molecular weight excluding hydrogens is 374 g/mol. The minimum atomic E-state index is -0.587. The van der Waals surface area contributed by atoms with Gasteiger partial charge < -0.3 is 15.4 Å². The molecule has 1 saturated heterocycles. The Bertz CT molecular complexity index is 719. The van der Waals surface area contributed by atoms with Crippen molar-refractivity contribution in [1.82, 2.24) is 15.5 Å². The molecule has 2 aliphatic heterocycles. The monoisotopic (exact) mass is 395 g/mol. The van der Waals surface area contributed by atoms with Crippen LogP contribution in [-0.4, -0.2) is 54.6 Å². The van der Waals surface area contributed by atoms with E-state index in [9.17, 15) is 9.59 Å². The molecule has 26 heavy (non-hydrogen) atoms. The fraction of sp³-hybridized carbons (Fsp3) is 0.444. The molecule has 0 aliphatic carbocycles. The molecule has 2 N–H and O–H groups in total. The third kappa shape index (κ3) is 4.52. The van der Waals surface area contributed by atoms with E-state index in [-0.39, 0.29) is 12.6 Å². The molecule has 2 aliphatic rings. The number of carbonyl (C=O) groups excluding carboxylic acids is 2. The average Bonchev–Trinajstić information content (AvgIpc) is 2.62. The highest BCUT2D eigenvalue weighted by Crippen LogP contribution is 2.29. The Morgan fingerprint density at radius 3 is 2.85 bits per heavy atom. The van der Waals surface area contributed by atoms with Crippen LogP contribution < -0.4 is 10.6 Å². The van der Waals surface area contributed by atoms with E-state index in [1.807, 2.05) is 17.8 Å². The van der Waals surface area contributed by atoms with Gasteiger partial charge in [-0.15, -0.1) is 0 Å². The quantitative estimate of drug-likeness (QED) is 0.750. The first kappa shape index (κ1) is 19.1. The van der Waals surface area contributed by atoms with Crippen molar-refractivity contribution < 1.29 is 14.3 Å². The number of urea groups is 1. The van der Waals surface area contributed by atoms with E-state index in [1.165, 1.54) is 0 Å². The molecule has 1 unspecified atom stereocenters. The number of benzene rings is 1. The Kier molecular flexibility index (Phi) is 6.45. The largest absolute Gasteiger partial charge is 0.463 e. The van der Waals surface area contributed by atoms with E-state index in [2.05, 4.69) is 15.5 Å². The molecule has 3 rings (SSSR count). The van der Waals surface area contributed by atoms with Gasteiger partial charge in [-0.05, 0) is 24.6 Å². The summed E-state index contributed by atoms with van der Waals surface area (Å²) in [6.45, 7) is 4.40. The van der Waals surface area contributed by atoms with Crippen molar-refractivity contribution in [2.24, 2.45) is 0 Å². The standard InChI is InChI=1S/C18H22ClN3O3S/c1-2-25-17(23)15-14(11-22-6-8-26-9-7-22)20-18(24)21-16(15)12-4-3-5-13(19)10-12/h3-5,10,16H,2,6-9,11H2,1H3,(H2,20,21,24). The predicted molar refractivity (Wildman–Crippen MR) is 103 cm³/mol. The molecule has 140 valence electrons. The molecule has 6 nitrogen and oxygen atoms in total. The van der Waals surface area contributed by atoms with Gasteiger partial charge in [0.2, 0.25) is 0 Å². The summed E-state index contributed by atoms with van der Waals surface area (Å²) in [6, 6.07) is 6.24. The molecule has 8 heteroatoms. The molecule has 1 fully saturated rings. The zero-order valence-electron chi connectivity index (χ0n) is 14.6. The van der Waals surface area contributed by atoms with Gasteiger partial charge in [-0.3, -0.25) is 4.90 Å². The van der Waals surface area contributed by atoms with Crippen LogP contribution in [0.25, 0.3) is 0 Å². The van der Waals surface area contributed by atoms with Crippen LogP contribution in [-0.2, 0) is 9.53 Å². The highest BCUT2D eigenvalue weighted by molar-refractivity contribution is 7.99. The second-order valence-electron chi connectivity index (χ2n) is 6.09. The summed E-state index contributed by atoms with van der Waals surface area (Å²) >= 11 is 8.02. The SMILES string of the molecule is CCOC(=O)C1=C(CN2CCSCC2)NC(=O)NC1c1cccc(Cl)c1. The summed E-state index contributed by atoms with van der Waals surface area (Å²) in [5.41, 5.74) is 1.79. The van der Waals surface area contributed by atoms with Crippen LogP contribution in [0.3, 0.4) is 0 Å². The van der Waals surface area contributed by atoms with Gasteiger partial charge in [0, 0.05) is 41.9 Å². The molecule has 0 radical (unpaired) electrons. The second-order valence-corrected chi connectivity index (χ2v) is 7.75. The minimum Gasteiger partial charge on any atom is -0.463 e. The van der Waals surface area contributed by atoms with Crippen molar-refractivity contribution in [2.45, 2.75) is 13.0 Å². The number of rotatable bonds is 5. The van der Waals surface area contributed by atoms with Crippen molar-refractivity contribution in [3.63, 3.8) is 0 Å². The first-order valence-corrected chi connectivity index (χ1v) is 10.1. The van der Waals surface area contributed by atoms with Gasteiger partial charge in [-0.25, -0.2) is 9.59 Å². The van der Waals surface area contributed by atoms with E-state index in [4.69, 9.17) is 16.3 Å². The molecule has 1 atom stereocenters. The van der Waals surface area contributed by atoms with Crippen LogP contribution in [0.15, 0.2) is 35.5 Å². The number of nitrogens with zero attached hydrogens (tertiary/aromatic N) is 1. The Morgan fingerprint density at radius 1 is 1.38 bits per heavy atom. The third-order valence-electron chi connectivity index (χ3n) is 4.32. The first-order valence-electron chi connectivity index (χ1n) is 8.61. The maximum Gasteiger partial charge on any atom is 0.338 e. The first-order chi connectivity index (χ1) is 12.6. The van der Waals surface area contributed by atoms with E-state index in [0.29, 0.717) is 22.8 Å². The molecule has 0 bridgehead atoms. The summed E-state index contributed by atoms with van der Waals surface area (Å²) in [5.74, 6) is 1.67. The Morgan fingerprint density at radius 2 is 2.15 bits per heavy atom. The number of thioether (sulfide) groups is 1. The van der Waals surface area contributed by atoms with Crippen LogP contribution in [0.4, 0.5) is 4.79 Å². The maximum atomic E-state index is 12.7. The van der Waals surface area contributed by atoms with Crippen molar-refractivity contribution in [2.75, 3.05) is 37.7 Å². The lowest BCUT2D eigenvalue weighted by Crippen LogP contribution is -2.49. The molecule has 0 aromatic heterocycles. The number of hydrogen-bond acceptors (Lipinski definition) is 5. The summed E-state index contributed by atoms with van der Waals surface area (Å²) in [5, 5.41) is 6.19. The van der Waals surface area contributed by atoms with Gasteiger partial charge in [0.05, 0.1) is 18.2 Å². The smallest absolute Gasteiger partial charge is 0.338 e. The molecule has 2 amide bonds. The van der Waals surface area contributed by atoms with Crippen LogP contribution in [0, 0.1) is 0 Å². The van der Waals surface area contributed by atoms with Crippen LogP contribution in [0.5, 0.6) is 0 Å². The van der Waals surface area contributed by atoms with E-state index < -0.39 is 12.0 Å². The Hall–Kier alpha value is -1.70. The molecule has 0 saturated carbocycles. The average molecular weight is 396 g/mol. The predicted octanol–water partition coefficient (Wildman–Crippen LogP) is 2.56. The van der Waals surface area contributed by atoms with Crippen molar-refractivity contribution in [3.8, 4) is 0 Å². The van der Waals surface area contributed by atoms with E-state index in [1.54, 1.807) is 25.1 Å². The topological polar surface area (TPSA) is 70.7 Å². The van der Waals surface area contributed by atoms with E-state index >= 15 is 0 Å². The minimum absolute atomic E-state index is 0.270. The van der Waals surface area contributed by atoms with Gasteiger partial charge in [-0.2, -0.15) is 11.8 Å². The van der Waals surface area contributed by atoms with E-state index in [0.717, 1.165) is 30.2 Å². The van der Waals surface area contributed by atoms with Crippen molar-refractivity contribution >= 4 is 35.4 Å². The molecule has 1 aromatic carbocycles. The fourth-order valence-electron chi connectivity index (χ4n) is 3.11. The van der Waals surface area contributed by atoms with Crippen LogP contribution >= 0.6 is 23.4 Å². The Labute approximate surface area is 162 Å². The zero-order chi connectivity index (χ0) is 18.5. The number of amides is 2. The Balaban J connectivity index is 1.98. The summed E-state index contributed by atoms with van der Waals surface area (Å²) in [6.07, 6.45) is 0. The number of nitrogens with one attached hydrogen (secondary N) is 2. The van der Waals surface area contributed by atoms with Gasteiger partial charge >= 0.3 is 12.0 Å². The van der Waals surface area contributed by atoms with Crippen LogP contribution in [0.2, 0.25) is 5.02 Å². The number of hydrogen-bond donors (Lipinski definition) is 2. The molecule has 2 heterocycles. The fourth-order valence-corrected chi connectivity index (χ4v) is 4.29. The normalized spacial score (nSPS) is 21.2. The number of ether oxygens (including phenoxy) is 1. The lowest BCUT2D eigenvalue weighted by molar-refractivity contribution is -0.139. The van der Waals surface area contributed by atoms with Gasteiger partial charge in [0.1, 0.15) is 0 Å². The van der Waals surface area contributed by atoms with Crippen molar-refractivity contribution in [1.29, 1.82) is 0 Å². The molecule has 0 spiro atoms. The number of esters is 1. The summed E-state index contributed by atoms with van der Waals surface area (Å²) in [7, 11) is 0. The number of halogens is 1. The maximum absolute atomic E-state index is 12.7. The lowest BCUT2D eigenvalue weighted by Gasteiger charge is -2.33. The van der Waals surface area contributed by atoms with Gasteiger partial charge in [0.15, 0.2) is 0 Å². The highest BCUT2D eigenvalue weighted by Gasteiger charge is 2.34. The molecular formula is C18H22ClN3O3S. The second kappa shape index (κ2) is 8.79. The van der Waals surface area contributed by atoms with Crippen LogP contribution in [0.1, 0.15) is 18.5 Å². The zero-order valence-corrected chi connectivity index (χ0v) is 16.2. The van der Waals surface area contributed by atoms with Crippen molar-refractivity contribution in [3.05, 3.63) is 46.1 Å². The van der Waals surface area contributed by atoms with Gasteiger partial charge in [-0.1, -0.05) is 23.7 Å². The molecule has 1 aromatic rings. The van der Waals surface area contributed by atoms with Gasteiger partial charge in [0.25, 0.3) is 0 Å².